The van der Waals surface area contributed by atoms with E-state index in [1.807, 2.05) is 24.3 Å². The molecule has 82 valence electrons. The third kappa shape index (κ3) is 2.13. The van der Waals surface area contributed by atoms with Crippen LogP contribution in [-0.2, 0) is 0 Å². The first-order valence-corrected chi connectivity index (χ1v) is 5.34. The molecule has 0 bridgehead atoms. The average Bonchev–Trinajstić information content (AvgIpc) is 2.30. The van der Waals surface area contributed by atoms with Gasteiger partial charge in [0, 0.05) is 18.0 Å². The number of aliphatic hydroxyl groups is 1. The van der Waals surface area contributed by atoms with Gasteiger partial charge in [0.25, 0.3) is 0 Å². The van der Waals surface area contributed by atoms with Gasteiger partial charge in [-0.05, 0) is 19.0 Å². The number of aliphatic hydroxyl groups excluding tert-OH is 1. The van der Waals surface area contributed by atoms with Gasteiger partial charge < -0.3 is 15.2 Å². The van der Waals surface area contributed by atoms with E-state index in [9.17, 15) is 5.11 Å². The van der Waals surface area contributed by atoms with Crippen LogP contribution in [-0.4, -0.2) is 31.4 Å². The quantitative estimate of drug-likeness (QED) is 0.764. The summed E-state index contributed by atoms with van der Waals surface area (Å²) in [6, 6.07) is 7.90. The Morgan fingerprint density at radius 2 is 2.20 bits per heavy atom. The summed E-state index contributed by atoms with van der Waals surface area (Å²) in [7, 11) is 1.67. The van der Waals surface area contributed by atoms with Crippen molar-refractivity contribution in [3.05, 3.63) is 29.8 Å². The van der Waals surface area contributed by atoms with E-state index in [4.69, 9.17) is 4.74 Å². The zero-order valence-corrected chi connectivity index (χ0v) is 8.94. The average molecular weight is 207 g/mol. The number of para-hydroxylation sites is 1. The van der Waals surface area contributed by atoms with Gasteiger partial charge in [-0.1, -0.05) is 18.2 Å². The smallest absolute Gasteiger partial charge is 0.122 e. The van der Waals surface area contributed by atoms with E-state index in [0.717, 1.165) is 30.8 Å². The Balaban J connectivity index is 2.26. The van der Waals surface area contributed by atoms with Gasteiger partial charge in [0.1, 0.15) is 5.75 Å². The SMILES string of the molecule is COc1ccccc1C1CNCCC1O. The molecule has 2 rings (SSSR count). The van der Waals surface area contributed by atoms with Crippen LogP contribution in [0.3, 0.4) is 0 Å². The summed E-state index contributed by atoms with van der Waals surface area (Å²) in [6.45, 7) is 1.72. The van der Waals surface area contributed by atoms with Crippen LogP contribution >= 0.6 is 0 Å². The molecule has 0 amide bonds. The Hall–Kier alpha value is -1.06. The third-order valence-electron chi connectivity index (χ3n) is 2.98. The molecule has 0 aromatic heterocycles. The lowest BCUT2D eigenvalue weighted by Crippen LogP contribution is -2.38. The Morgan fingerprint density at radius 3 is 2.93 bits per heavy atom. The van der Waals surface area contributed by atoms with Gasteiger partial charge >= 0.3 is 0 Å². The number of nitrogens with one attached hydrogen (secondary N) is 1. The van der Waals surface area contributed by atoms with Crippen molar-refractivity contribution in [2.75, 3.05) is 20.2 Å². The summed E-state index contributed by atoms with van der Waals surface area (Å²) in [5, 5.41) is 13.2. The molecule has 1 saturated heterocycles. The second-order valence-electron chi connectivity index (χ2n) is 3.91. The van der Waals surface area contributed by atoms with Crippen LogP contribution in [0.4, 0.5) is 0 Å². The van der Waals surface area contributed by atoms with Crippen molar-refractivity contribution in [1.82, 2.24) is 5.32 Å². The molecule has 0 spiro atoms. The minimum Gasteiger partial charge on any atom is -0.496 e. The Bertz CT molecular complexity index is 327. The van der Waals surface area contributed by atoms with E-state index >= 15 is 0 Å². The lowest BCUT2D eigenvalue weighted by molar-refractivity contribution is 0.113. The molecule has 2 N–H and O–H groups in total. The molecule has 1 aromatic rings. The Kier molecular flexibility index (Phi) is 3.23. The molecule has 3 heteroatoms. The molecule has 0 saturated carbocycles. The van der Waals surface area contributed by atoms with Crippen LogP contribution in [0.25, 0.3) is 0 Å². The fourth-order valence-corrected chi connectivity index (χ4v) is 2.13. The molecule has 2 unspecified atom stereocenters. The van der Waals surface area contributed by atoms with E-state index in [2.05, 4.69) is 5.32 Å². The molecule has 0 aliphatic carbocycles. The highest BCUT2D eigenvalue weighted by Gasteiger charge is 2.26. The predicted molar refractivity (Wildman–Crippen MR) is 59.2 cm³/mol. The third-order valence-corrected chi connectivity index (χ3v) is 2.98. The zero-order chi connectivity index (χ0) is 10.7. The van der Waals surface area contributed by atoms with Crippen LogP contribution in [0.5, 0.6) is 5.75 Å². The van der Waals surface area contributed by atoms with Crippen molar-refractivity contribution in [2.24, 2.45) is 0 Å². The van der Waals surface area contributed by atoms with Crippen molar-refractivity contribution < 1.29 is 9.84 Å². The summed E-state index contributed by atoms with van der Waals surface area (Å²) in [4.78, 5) is 0. The lowest BCUT2D eigenvalue weighted by atomic mass is 9.88. The number of hydrogen-bond donors (Lipinski definition) is 2. The number of piperidine rings is 1. The van der Waals surface area contributed by atoms with Crippen molar-refractivity contribution in [3.63, 3.8) is 0 Å². The van der Waals surface area contributed by atoms with Gasteiger partial charge in [0.2, 0.25) is 0 Å². The van der Waals surface area contributed by atoms with Gasteiger partial charge in [-0.2, -0.15) is 0 Å². The van der Waals surface area contributed by atoms with Gasteiger partial charge in [-0.25, -0.2) is 0 Å². The maximum Gasteiger partial charge on any atom is 0.122 e. The monoisotopic (exact) mass is 207 g/mol. The minimum absolute atomic E-state index is 0.148. The second-order valence-corrected chi connectivity index (χ2v) is 3.91. The van der Waals surface area contributed by atoms with E-state index in [-0.39, 0.29) is 12.0 Å². The van der Waals surface area contributed by atoms with Crippen molar-refractivity contribution >= 4 is 0 Å². The summed E-state index contributed by atoms with van der Waals surface area (Å²) >= 11 is 0. The molecular formula is C12H17NO2. The van der Waals surface area contributed by atoms with Crippen LogP contribution in [0.15, 0.2) is 24.3 Å². The van der Waals surface area contributed by atoms with Gasteiger partial charge in [0.15, 0.2) is 0 Å². The van der Waals surface area contributed by atoms with Gasteiger partial charge in [0.05, 0.1) is 13.2 Å². The van der Waals surface area contributed by atoms with Crippen molar-refractivity contribution in [1.29, 1.82) is 0 Å². The maximum absolute atomic E-state index is 9.95. The second kappa shape index (κ2) is 4.64. The minimum atomic E-state index is -0.262. The number of hydrogen-bond acceptors (Lipinski definition) is 3. The molecule has 1 fully saturated rings. The van der Waals surface area contributed by atoms with Crippen LogP contribution < -0.4 is 10.1 Å². The van der Waals surface area contributed by atoms with E-state index in [0.29, 0.717) is 0 Å². The molecule has 1 aromatic carbocycles. The first kappa shape index (κ1) is 10.5. The molecule has 1 aliphatic heterocycles. The number of methoxy groups -OCH3 is 1. The van der Waals surface area contributed by atoms with Crippen LogP contribution in [0, 0.1) is 0 Å². The van der Waals surface area contributed by atoms with E-state index in [1.54, 1.807) is 7.11 Å². The summed E-state index contributed by atoms with van der Waals surface area (Å²) in [5.74, 6) is 1.01. The Labute approximate surface area is 90.1 Å². The predicted octanol–water partition coefficient (Wildman–Crippen LogP) is 1.13. The number of benzene rings is 1. The first-order chi connectivity index (χ1) is 7.33. The molecule has 15 heavy (non-hydrogen) atoms. The van der Waals surface area contributed by atoms with Crippen LogP contribution in [0.1, 0.15) is 17.9 Å². The molecule has 0 radical (unpaired) electrons. The molecule has 2 atom stereocenters. The zero-order valence-electron chi connectivity index (χ0n) is 8.94. The molecular weight excluding hydrogens is 190 g/mol. The van der Waals surface area contributed by atoms with Crippen molar-refractivity contribution in [2.45, 2.75) is 18.4 Å². The molecule has 1 aliphatic rings. The van der Waals surface area contributed by atoms with E-state index < -0.39 is 0 Å². The highest BCUT2D eigenvalue weighted by atomic mass is 16.5. The summed E-state index contributed by atoms with van der Waals surface area (Å²) in [5.41, 5.74) is 1.10. The highest BCUT2D eigenvalue weighted by molar-refractivity contribution is 5.37. The lowest BCUT2D eigenvalue weighted by Gasteiger charge is -2.29. The Morgan fingerprint density at radius 1 is 1.40 bits per heavy atom. The number of rotatable bonds is 2. The van der Waals surface area contributed by atoms with Crippen molar-refractivity contribution in [3.8, 4) is 5.75 Å². The summed E-state index contributed by atoms with van der Waals surface area (Å²) in [6.07, 6.45) is 0.547. The fourth-order valence-electron chi connectivity index (χ4n) is 2.13. The molecule has 3 nitrogen and oxygen atoms in total. The number of ether oxygens (including phenoxy) is 1. The van der Waals surface area contributed by atoms with Gasteiger partial charge in [-0.15, -0.1) is 0 Å². The van der Waals surface area contributed by atoms with Crippen LogP contribution in [0.2, 0.25) is 0 Å². The van der Waals surface area contributed by atoms with Gasteiger partial charge in [-0.3, -0.25) is 0 Å². The normalized spacial score (nSPS) is 26.3. The van der Waals surface area contributed by atoms with E-state index in [1.165, 1.54) is 0 Å². The maximum atomic E-state index is 9.95. The highest BCUT2D eigenvalue weighted by Crippen LogP contribution is 2.30. The standard InChI is InChI=1S/C12H17NO2/c1-15-12-5-3-2-4-9(12)10-8-13-7-6-11(10)14/h2-5,10-11,13-14H,6-8H2,1H3. The first-order valence-electron chi connectivity index (χ1n) is 5.34. The topological polar surface area (TPSA) is 41.5 Å². The fraction of sp³-hybridized carbons (Fsp3) is 0.500. The summed E-state index contributed by atoms with van der Waals surface area (Å²) < 4.78 is 5.31. The largest absolute Gasteiger partial charge is 0.496 e. The molecule has 1 heterocycles.